The van der Waals surface area contributed by atoms with Gasteiger partial charge in [0.05, 0.1) is 0 Å². The van der Waals surface area contributed by atoms with Gasteiger partial charge in [-0.1, -0.05) is 11.6 Å². The van der Waals surface area contributed by atoms with Crippen LogP contribution in [0.25, 0.3) is 0 Å². The van der Waals surface area contributed by atoms with Crippen LogP contribution in [0.2, 0.25) is 5.15 Å². The Morgan fingerprint density at radius 1 is 1.27 bits per heavy atom. The molecule has 5 nitrogen and oxygen atoms in total. The zero-order valence-electron chi connectivity index (χ0n) is 8.15. The molecule has 0 bridgehead atoms. The summed E-state index contributed by atoms with van der Waals surface area (Å²) in [6.07, 6.45) is 1.45. The first kappa shape index (κ1) is 10.4. The van der Waals surface area contributed by atoms with Crippen molar-refractivity contribution < 1.29 is 0 Å². The summed E-state index contributed by atoms with van der Waals surface area (Å²) in [7, 11) is 0. The maximum Gasteiger partial charge on any atom is 0.189 e. The number of halogens is 1. The van der Waals surface area contributed by atoms with E-state index in [1.807, 2.05) is 13.8 Å². The third-order valence-corrected chi connectivity index (χ3v) is 3.34. The number of H-pyrrole nitrogens is 1. The minimum absolute atomic E-state index is 0.439. The van der Waals surface area contributed by atoms with Crippen molar-refractivity contribution in [1.82, 2.24) is 25.4 Å². The Bertz CT molecular complexity index is 470. The van der Waals surface area contributed by atoms with Crippen LogP contribution in [0.5, 0.6) is 0 Å². The molecule has 0 fully saturated rings. The summed E-state index contributed by atoms with van der Waals surface area (Å²) in [5.41, 5.74) is 1.95. The lowest BCUT2D eigenvalue weighted by Crippen LogP contribution is -1.95. The molecule has 0 saturated carbocycles. The Balaban J connectivity index is 2.34. The lowest BCUT2D eigenvalue weighted by atomic mass is 10.2. The minimum atomic E-state index is 0.439. The second kappa shape index (κ2) is 4.16. The Kier molecular flexibility index (Phi) is 2.88. The van der Waals surface area contributed by atoms with Gasteiger partial charge in [-0.2, -0.15) is 5.10 Å². The van der Waals surface area contributed by atoms with Crippen LogP contribution in [-0.4, -0.2) is 25.4 Å². The molecule has 0 aliphatic rings. The maximum absolute atomic E-state index is 5.85. The fourth-order valence-electron chi connectivity index (χ4n) is 0.986. The topological polar surface area (TPSA) is 67.3 Å². The zero-order valence-corrected chi connectivity index (χ0v) is 9.72. The standard InChI is InChI=1S/C8H8ClN5S/c1-4-5(2)7(13-12-6(4)9)15-8-10-3-11-14-8/h3H,1-2H3,(H,10,11,14). The first-order valence-electron chi connectivity index (χ1n) is 4.21. The predicted molar refractivity (Wildman–Crippen MR) is 57.0 cm³/mol. The molecule has 0 radical (unpaired) electrons. The molecule has 0 aromatic carbocycles. The van der Waals surface area contributed by atoms with E-state index in [4.69, 9.17) is 11.6 Å². The van der Waals surface area contributed by atoms with Crippen molar-refractivity contribution in [3.05, 3.63) is 22.6 Å². The molecule has 0 aliphatic carbocycles. The molecule has 2 aromatic rings. The van der Waals surface area contributed by atoms with Crippen LogP contribution in [0.15, 0.2) is 16.5 Å². The molecule has 2 aromatic heterocycles. The van der Waals surface area contributed by atoms with Gasteiger partial charge in [-0.15, -0.1) is 10.2 Å². The first-order chi connectivity index (χ1) is 7.18. The molecule has 15 heavy (non-hydrogen) atoms. The third-order valence-electron chi connectivity index (χ3n) is 2.01. The van der Waals surface area contributed by atoms with Crippen molar-refractivity contribution in [2.75, 3.05) is 0 Å². The van der Waals surface area contributed by atoms with Crippen molar-refractivity contribution in [2.45, 2.75) is 24.0 Å². The van der Waals surface area contributed by atoms with Gasteiger partial charge in [0.2, 0.25) is 0 Å². The monoisotopic (exact) mass is 241 g/mol. The van der Waals surface area contributed by atoms with Crippen molar-refractivity contribution in [3.63, 3.8) is 0 Å². The van der Waals surface area contributed by atoms with Crippen LogP contribution in [0.1, 0.15) is 11.1 Å². The van der Waals surface area contributed by atoms with E-state index in [9.17, 15) is 0 Å². The fourth-order valence-corrected chi connectivity index (χ4v) is 1.94. The average molecular weight is 242 g/mol. The molecule has 0 aliphatic heterocycles. The van der Waals surface area contributed by atoms with Crippen LogP contribution in [-0.2, 0) is 0 Å². The Morgan fingerprint density at radius 3 is 2.73 bits per heavy atom. The number of hydrogen-bond donors (Lipinski definition) is 1. The fraction of sp³-hybridized carbons (Fsp3) is 0.250. The van der Waals surface area contributed by atoms with E-state index in [0.717, 1.165) is 16.2 Å². The van der Waals surface area contributed by atoms with Gasteiger partial charge in [0.25, 0.3) is 0 Å². The first-order valence-corrected chi connectivity index (χ1v) is 5.40. The molecular weight excluding hydrogens is 234 g/mol. The molecule has 0 spiro atoms. The van der Waals surface area contributed by atoms with E-state index >= 15 is 0 Å². The molecular formula is C8H8ClN5S. The Hall–Kier alpha value is -1.14. The summed E-state index contributed by atoms with van der Waals surface area (Å²) in [5, 5.41) is 16.3. The largest absolute Gasteiger partial charge is 0.254 e. The second-order valence-electron chi connectivity index (χ2n) is 2.94. The third kappa shape index (κ3) is 2.10. The van der Waals surface area contributed by atoms with E-state index < -0.39 is 0 Å². The van der Waals surface area contributed by atoms with Gasteiger partial charge in [-0.05, 0) is 36.7 Å². The average Bonchev–Trinajstić information content (AvgIpc) is 2.72. The highest BCUT2D eigenvalue weighted by Gasteiger charge is 2.10. The summed E-state index contributed by atoms with van der Waals surface area (Å²) in [6, 6.07) is 0. The molecule has 0 unspecified atom stereocenters. The van der Waals surface area contributed by atoms with Gasteiger partial charge in [-0.25, -0.2) is 4.98 Å². The summed E-state index contributed by atoms with van der Waals surface area (Å²) in [4.78, 5) is 4.00. The van der Waals surface area contributed by atoms with Gasteiger partial charge >= 0.3 is 0 Å². The number of nitrogens with one attached hydrogen (secondary N) is 1. The second-order valence-corrected chi connectivity index (χ2v) is 4.27. The molecule has 0 amide bonds. The van der Waals surface area contributed by atoms with Gasteiger partial charge < -0.3 is 0 Å². The van der Waals surface area contributed by atoms with Crippen LogP contribution < -0.4 is 0 Å². The van der Waals surface area contributed by atoms with E-state index in [2.05, 4.69) is 25.4 Å². The van der Waals surface area contributed by atoms with Crippen LogP contribution >= 0.6 is 23.4 Å². The highest BCUT2D eigenvalue weighted by atomic mass is 35.5. The molecule has 2 heterocycles. The van der Waals surface area contributed by atoms with Crippen molar-refractivity contribution in [3.8, 4) is 0 Å². The van der Waals surface area contributed by atoms with Gasteiger partial charge in [-0.3, -0.25) is 5.10 Å². The van der Waals surface area contributed by atoms with Crippen LogP contribution in [0.4, 0.5) is 0 Å². The number of aromatic amines is 1. The van der Waals surface area contributed by atoms with Crippen molar-refractivity contribution in [1.29, 1.82) is 0 Å². The highest BCUT2D eigenvalue weighted by molar-refractivity contribution is 7.99. The molecule has 1 N–H and O–H groups in total. The Labute approximate surface area is 95.7 Å². The van der Waals surface area contributed by atoms with Crippen molar-refractivity contribution in [2.24, 2.45) is 0 Å². The van der Waals surface area contributed by atoms with Gasteiger partial charge in [0.1, 0.15) is 11.4 Å². The number of aromatic nitrogens is 5. The minimum Gasteiger partial charge on any atom is -0.254 e. The molecule has 7 heteroatoms. The van der Waals surface area contributed by atoms with Crippen LogP contribution in [0.3, 0.4) is 0 Å². The van der Waals surface area contributed by atoms with Crippen LogP contribution in [0, 0.1) is 13.8 Å². The molecule has 0 saturated heterocycles. The number of hydrogen-bond acceptors (Lipinski definition) is 5. The maximum atomic E-state index is 5.85. The summed E-state index contributed by atoms with van der Waals surface area (Å²) in [5.74, 6) is 0. The summed E-state index contributed by atoms with van der Waals surface area (Å²) < 4.78 is 0. The number of nitrogens with zero attached hydrogens (tertiary/aromatic N) is 4. The van der Waals surface area contributed by atoms with E-state index in [1.54, 1.807) is 0 Å². The number of rotatable bonds is 2. The lowest BCUT2D eigenvalue weighted by Gasteiger charge is -2.05. The summed E-state index contributed by atoms with van der Waals surface area (Å²) >= 11 is 7.23. The zero-order chi connectivity index (χ0) is 10.8. The smallest absolute Gasteiger partial charge is 0.189 e. The quantitative estimate of drug-likeness (QED) is 0.871. The van der Waals surface area contributed by atoms with Crippen molar-refractivity contribution >= 4 is 23.4 Å². The Morgan fingerprint density at radius 2 is 2.07 bits per heavy atom. The molecule has 0 atom stereocenters. The van der Waals surface area contributed by atoms with Gasteiger partial charge in [0.15, 0.2) is 10.3 Å². The van der Waals surface area contributed by atoms with E-state index in [1.165, 1.54) is 18.1 Å². The van der Waals surface area contributed by atoms with Gasteiger partial charge in [0, 0.05) is 0 Å². The SMILES string of the molecule is Cc1c(Cl)nnc(Sc2ncn[nH]2)c1C. The van der Waals surface area contributed by atoms with E-state index in [0.29, 0.717) is 10.3 Å². The molecule has 78 valence electrons. The lowest BCUT2D eigenvalue weighted by molar-refractivity contribution is 0.882. The van der Waals surface area contributed by atoms with E-state index in [-0.39, 0.29) is 0 Å². The molecule has 2 rings (SSSR count). The predicted octanol–water partition coefficient (Wildman–Crippen LogP) is 2.02. The summed E-state index contributed by atoms with van der Waals surface area (Å²) in [6.45, 7) is 3.87. The highest BCUT2D eigenvalue weighted by Crippen LogP contribution is 2.28. The normalized spacial score (nSPS) is 10.6.